The summed E-state index contributed by atoms with van der Waals surface area (Å²) in [5.41, 5.74) is 2.38. The normalized spacial score (nSPS) is 15.6. The zero-order valence-corrected chi connectivity index (χ0v) is 16.5. The Morgan fingerprint density at radius 3 is 2.48 bits per heavy atom. The van der Waals surface area contributed by atoms with Gasteiger partial charge in [-0.25, -0.2) is 9.78 Å². The molecule has 3 rings (SSSR count). The molecule has 5 nitrogen and oxygen atoms in total. The van der Waals surface area contributed by atoms with Gasteiger partial charge >= 0.3 is 5.97 Å². The van der Waals surface area contributed by atoms with E-state index in [1.165, 1.54) is 36.2 Å². The van der Waals surface area contributed by atoms with Crippen LogP contribution in [0.15, 0.2) is 29.6 Å². The Labute approximate surface area is 164 Å². The van der Waals surface area contributed by atoms with Crippen LogP contribution in [0.2, 0.25) is 0 Å². The van der Waals surface area contributed by atoms with Crippen LogP contribution in [0.5, 0.6) is 0 Å². The first-order chi connectivity index (χ1) is 13.1. The predicted octanol–water partition coefficient (Wildman–Crippen LogP) is 4.50. The second-order valence-corrected chi connectivity index (χ2v) is 7.95. The largest absolute Gasteiger partial charge is 0.451 e. The van der Waals surface area contributed by atoms with E-state index in [1.807, 2.05) is 31.2 Å². The molecule has 1 amide bonds. The molecule has 1 N–H and O–H groups in total. The Kier molecular flexibility index (Phi) is 6.98. The fourth-order valence-electron chi connectivity index (χ4n) is 3.27. The molecule has 1 aromatic heterocycles. The average Bonchev–Trinajstić information content (AvgIpc) is 3.13. The molecule has 1 aliphatic carbocycles. The molecule has 6 heteroatoms. The van der Waals surface area contributed by atoms with Crippen LogP contribution in [0.4, 0.5) is 0 Å². The van der Waals surface area contributed by atoms with E-state index in [2.05, 4.69) is 10.3 Å². The Bertz CT molecular complexity index is 762. The lowest BCUT2D eigenvalue weighted by Crippen LogP contribution is -2.38. The molecule has 2 aromatic rings. The minimum absolute atomic E-state index is 0.198. The summed E-state index contributed by atoms with van der Waals surface area (Å²) in [6, 6.07) is 8.17. The summed E-state index contributed by atoms with van der Waals surface area (Å²) in [6.45, 7) is 1.77. The zero-order valence-electron chi connectivity index (χ0n) is 15.7. The van der Waals surface area contributed by atoms with Gasteiger partial charge in [-0.1, -0.05) is 61.9 Å². The summed E-state index contributed by atoms with van der Waals surface area (Å²) in [5, 5.41) is 5.43. The summed E-state index contributed by atoms with van der Waals surface area (Å²) >= 11 is 1.39. The molecule has 1 fully saturated rings. The number of amides is 1. The molecule has 27 heavy (non-hydrogen) atoms. The van der Waals surface area contributed by atoms with Gasteiger partial charge < -0.3 is 10.1 Å². The zero-order chi connectivity index (χ0) is 19.1. The van der Waals surface area contributed by atoms with Gasteiger partial charge in [0, 0.05) is 17.0 Å². The van der Waals surface area contributed by atoms with E-state index in [4.69, 9.17) is 4.74 Å². The van der Waals surface area contributed by atoms with Crippen molar-refractivity contribution in [2.45, 2.75) is 57.9 Å². The summed E-state index contributed by atoms with van der Waals surface area (Å²) in [6.07, 6.45) is 8.05. The van der Waals surface area contributed by atoms with Gasteiger partial charge in [-0.2, -0.15) is 0 Å². The Morgan fingerprint density at radius 1 is 1.11 bits per heavy atom. The molecule has 144 valence electrons. The number of benzene rings is 1. The molecule has 0 radical (unpaired) electrons. The lowest BCUT2D eigenvalue weighted by molar-refractivity contribution is -0.125. The number of hydrogen-bond donors (Lipinski definition) is 1. The van der Waals surface area contributed by atoms with Gasteiger partial charge in [-0.05, 0) is 19.8 Å². The van der Waals surface area contributed by atoms with E-state index in [1.54, 1.807) is 5.38 Å². The first kappa shape index (κ1) is 19.5. The average molecular weight is 387 g/mol. The Balaban J connectivity index is 1.48. The highest BCUT2D eigenvalue weighted by Crippen LogP contribution is 2.24. The third-order valence-corrected chi connectivity index (χ3v) is 5.71. The van der Waals surface area contributed by atoms with E-state index < -0.39 is 5.97 Å². The maximum Gasteiger partial charge on any atom is 0.358 e. The van der Waals surface area contributed by atoms with Crippen molar-refractivity contribution < 1.29 is 14.3 Å². The number of hydrogen-bond acceptors (Lipinski definition) is 5. The topological polar surface area (TPSA) is 68.3 Å². The summed E-state index contributed by atoms with van der Waals surface area (Å²) in [4.78, 5) is 28.6. The fourth-order valence-corrected chi connectivity index (χ4v) is 4.07. The first-order valence-electron chi connectivity index (χ1n) is 9.61. The van der Waals surface area contributed by atoms with Gasteiger partial charge in [-0.15, -0.1) is 11.3 Å². The number of thiazole rings is 1. The van der Waals surface area contributed by atoms with Crippen LogP contribution in [0.1, 0.15) is 61.0 Å². The van der Waals surface area contributed by atoms with Crippen molar-refractivity contribution in [3.8, 4) is 10.6 Å². The highest BCUT2D eigenvalue weighted by atomic mass is 32.1. The van der Waals surface area contributed by atoms with Crippen molar-refractivity contribution in [3.05, 3.63) is 40.9 Å². The second kappa shape index (κ2) is 9.65. The van der Waals surface area contributed by atoms with Crippen molar-refractivity contribution in [3.63, 3.8) is 0 Å². The van der Waals surface area contributed by atoms with Gasteiger partial charge in [0.15, 0.2) is 12.3 Å². The number of nitrogens with zero attached hydrogens (tertiary/aromatic N) is 1. The molecule has 0 aliphatic heterocycles. The smallest absolute Gasteiger partial charge is 0.358 e. The van der Waals surface area contributed by atoms with E-state index in [9.17, 15) is 9.59 Å². The first-order valence-corrected chi connectivity index (χ1v) is 10.5. The van der Waals surface area contributed by atoms with Crippen LogP contribution in [0.3, 0.4) is 0 Å². The van der Waals surface area contributed by atoms with Crippen LogP contribution in [-0.2, 0) is 9.53 Å². The highest BCUT2D eigenvalue weighted by molar-refractivity contribution is 7.13. The SMILES string of the molecule is Cc1ccc(-c2nc(C(=O)OCC(=O)NC3CCCCCCC3)cs2)cc1. The van der Waals surface area contributed by atoms with Crippen LogP contribution >= 0.6 is 11.3 Å². The van der Waals surface area contributed by atoms with Gasteiger partial charge in [0.1, 0.15) is 5.01 Å². The van der Waals surface area contributed by atoms with E-state index in [0.29, 0.717) is 0 Å². The number of aromatic nitrogens is 1. The Hall–Kier alpha value is -2.21. The minimum Gasteiger partial charge on any atom is -0.451 e. The van der Waals surface area contributed by atoms with E-state index >= 15 is 0 Å². The molecule has 0 bridgehead atoms. The predicted molar refractivity (Wildman–Crippen MR) is 107 cm³/mol. The molecule has 0 atom stereocenters. The molecule has 0 unspecified atom stereocenters. The quantitative estimate of drug-likeness (QED) is 0.768. The number of aryl methyl sites for hydroxylation is 1. The van der Waals surface area contributed by atoms with Crippen LogP contribution < -0.4 is 5.32 Å². The number of esters is 1. The maximum absolute atomic E-state index is 12.2. The summed E-state index contributed by atoms with van der Waals surface area (Å²) in [5.74, 6) is -0.791. The van der Waals surface area contributed by atoms with Gasteiger partial charge in [-0.3, -0.25) is 4.79 Å². The van der Waals surface area contributed by atoms with Crippen LogP contribution in [-0.4, -0.2) is 29.5 Å². The number of carbonyl (C=O) groups is 2. The fraction of sp³-hybridized carbons (Fsp3) is 0.476. The Morgan fingerprint density at radius 2 is 1.78 bits per heavy atom. The second-order valence-electron chi connectivity index (χ2n) is 7.09. The monoisotopic (exact) mass is 386 g/mol. The third kappa shape index (κ3) is 5.89. The van der Waals surface area contributed by atoms with Crippen molar-refractivity contribution in [2.75, 3.05) is 6.61 Å². The van der Waals surface area contributed by atoms with Gasteiger partial charge in [0.05, 0.1) is 0 Å². The number of nitrogens with one attached hydrogen (secondary N) is 1. The molecule has 1 aliphatic rings. The molecular weight excluding hydrogens is 360 g/mol. The maximum atomic E-state index is 12.2. The standard InChI is InChI=1S/C21H26N2O3S/c1-15-9-11-16(12-10-15)20-23-18(14-27-20)21(25)26-13-19(24)22-17-7-5-3-2-4-6-8-17/h9-12,14,17H,2-8,13H2,1H3,(H,22,24). The molecule has 0 saturated heterocycles. The lowest BCUT2D eigenvalue weighted by Gasteiger charge is -2.20. The molecule has 1 saturated carbocycles. The van der Waals surface area contributed by atoms with Crippen molar-refractivity contribution >= 4 is 23.2 Å². The molecule has 1 heterocycles. The van der Waals surface area contributed by atoms with Crippen LogP contribution in [0.25, 0.3) is 10.6 Å². The van der Waals surface area contributed by atoms with Crippen LogP contribution in [0, 0.1) is 6.92 Å². The molecule has 0 spiro atoms. The number of ether oxygens (including phenoxy) is 1. The van der Waals surface area contributed by atoms with E-state index in [-0.39, 0.29) is 24.2 Å². The summed E-state index contributed by atoms with van der Waals surface area (Å²) < 4.78 is 5.15. The number of carbonyl (C=O) groups excluding carboxylic acids is 2. The van der Waals surface area contributed by atoms with Crippen molar-refractivity contribution in [1.29, 1.82) is 0 Å². The van der Waals surface area contributed by atoms with E-state index in [0.717, 1.165) is 36.3 Å². The van der Waals surface area contributed by atoms with Crippen molar-refractivity contribution in [2.24, 2.45) is 0 Å². The number of rotatable bonds is 5. The van der Waals surface area contributed by atoms with Gasteiger partial charge in [0.2, 0.25) is 0 Å². The minimum atomic E-state index is -0.558. The highest BCUT2D eigenvalue weighted by Gasteiger charge is 2.17. The third-order valence-electron chi connectivity index (χ3n) is 4.82. The van der Waals surface area contributed by atoms with Crippen molar-refractivity contribution in [1.82, 2.24) is 10.3 Å². The molecular formula is C21H26N2O3S. The molecule has 1 aromatic carbocycles. The van der Waals surface area contributed by atoms with Gasteiger partial charge in [0.25, 0.3) is 5.91 Å². The summed E-state index contributed by atoms with van der Waals surface area (Å²) in [7, 11) is 0. The lowest BCUT2D eigenvalue weighted by atomic mass is 9.97.